The molecule has 3 atom stereocenters. The van der Waals surface area contributed by atoms with Gasteiger partial charge < -0.3 is 14.4 Å². The van der Waals surface area contributed by atoms with E-state index in [9.17, 15) is 18.6 Å². The van der Waals surface area contributed by atoms with E-state index in [-0.39, 0.29) is 41.7 Å². The van der Waals surface area contributed by atoms with Crippen LogP contribution in [0.25, 0.3) is 0 Å². The van der Waals surface area contributed by atoms with Crippen LogP contribution in [0.15, 0.2) is 30.3 Å². The van der Waals surface area contributed by atoms with Crippen molar-refractivity contribution in [2.75, 3.05) is 0 Å². The first-order chi connectivity index (χ1) is 11.4. The second kappa shape index (κ2) is 13.1. The van der Waals surface area contributed by atoms with Crippen molar-refractivity contribution in [3.63, 3.8) is 0 Å². The van der Waals surface area contributed by atoms with Crippen molar-refractivity contribution in [1.29, 1.82) is 0 Å². The molecule has 0 aromatic heterocycles. The van der Waals surface area contributed by atoms with Gasteiger partial charge in [0.05, 0.1) is 12.2 Å². The summed E-state index contributed by atoms with van der Waals surface area (Å²) in [4.78, 5) is 0. The molecule has 25 heavy (non-hydrogen) atoms. The summed E-state index contributed by atoms with van der Waals surface area (Å²) < 4.78 is 30.2. The van der Waals surface area contributed by atoms with Crippen LogP contribution >= 0.6 is 0 Å². The van der Waals surface area contributed by atoms with Gasteiger partial charge in [0.15, 0.2) is 0 Å². The molecular weight excluding hydrogens is 351 g/mol. The Morgan fingerprint density at radius 2 is 1.64 bits per heavy atom. The summed E-state index contributed by atoms with van der Waals surface area (Å²) in [6.07, 6.45) is 3.54. The van der Waals surface area contributed by atoms with E-state index in [2.05, 4.69) is 6.92 Å². The SMILES string of the molecule is CCCCCCCC(O)C(CC(C)O)S(=O)(=O)Oc1ccccc1.[NaH]. The average Bonchev–Trinajstić information content (AvgIpc) is 2.52. The van der Waals surface area contributed by atoms with E-state index >= 15 is 0 Å². The monoisotopic (exact) mass is 382 g/mol. The molecule has 3 unspecified atom stereocenters. The Morgan fingerprint density at radius 3 is 2.20 bits per heavy atom. The van der Waals surface area contributed by atoms with Gasteiger partial charge in [-0.25, -0.2) is 0 Å². The molecule has 7 heteroatoms. The Kier molecular flexibility index (Phi) is 13.1. The molecule has 5 nitrogen and oxygen atoms in total. The van der Waals surface area contributed by atoms with Crippen molar-refractivity contribution in [1.82, 2.24) is 0 Å². The van der Waals surface area contributed by atoms with E-state index in [4.69, 9.17) is 4.18 Å². The van der Waals surface area contributed by atoms with Gasteiger partial charge in [-0.15, -0.1) is 0 Å². The second-order valence-corrected chi connectivity index (χ2v) is 8.04. The minimum atomic E-state index is -4.03. The molecule has 1 aromatic rings. The van der Waals surface area contributed by atoms with Crippen LogP contribution in [0.2, 0.25) is 0 Å². The summed E-state index contributed by atoms with van der Waals surface area (Å²) in [5.74, 6) is 0.211. The number of hydrogen-bond donors (Lipinski definition) is 2. The number of hydrogen-bond acceptors (Lipinski definition) is 5. The van der Waals surface area contributed by atoms with Crippen LogP contribution in [-0.4, -0.2) is 65.6 Å². The summed E-state index contributed by atoms with van der Waals surface area (Å²) in [5, 5.41) is 18.8. The van der Waals surface area contributed by atoms with E-state index < -0.39 is 27.6 Å². The molecule has 0 saturated heterocycles. The summed E-state index contributed by atoms with van der Waals surface area (Å²) in [6, 6.07) is 8.22. The first-order valence-electron chi connectivity index (χ1n) is 8.71. The van der Waals surface area contributed by atoms with Crippen LogP contribution < -0.4 is 4.18 Å². The zero-order valence-corrected chi connectivity index (χ0v) is 15.4. The van der Waals surface area contributed by atoms with Crippen LogP contribution in [0.4, 0.5) is 0 Å². The van der Waals surface area contributed by atoms with Gasteiger partial charge in [-0.2, -0.15) is 8.42 Å². The van der Waals surface area contributed by atoms with Crippen LogP contribution in [0.1, 0.15) is 58.8 Å². The Morgan fingerprint density at radius 1 is 1.04 bits per heavy atom. The second-order valence-electron chi connectivity index (χ2n) is 6.28. The molecule has 0 spiro atoms. The standard InChI is InChI=1S/C18H30O5S.Na.H/c1-3-4-5-6-10-13-17(20)18(14-15(2)19)24(21,22)23-16-11-8-7-9-12-16;;/h7-9,11-12,15,17-20H,3-6,10,13-14H2,1-2H3;;. The first kappa shape index (κ1) is 24.9. The number of aliphatic hydroxyl groups is 2. The molecule has 0 saturated carbocycles. The number of benzene rings is 1. The summed E-state index contributed by atoms with van der Waals surface area (Å²) in [5.41, 5.74) is 0. The average molecular weight is 382 g/mol. The van der Waals surface area contributed by atoms with Gasteiger partial charge >= 0.3 is 39.7 Å². The molecule has 0 aliphatic carbocycles. The van der Waals surface area contributed by atoms with Crippen molar-refractivity contribution < 1.29 is 22.8 Å². The minimum absolute atomic E-state index is 0. The molecule has 0 bridgehead atoms. The van der Waals surface area contributed by atoms with Gasteiger partial charge in [-0.05, 0) is 31.9 Å². The molecule has 0 amide bonds. The van der Waals surface area contributed by atoms with E-state index in [1.807, 2.05) is 0 Å². The fourth-order valence-corrected chi connectivity index (χ4v) is 4.16. The van der Waals surface area contributed by atoms with Gasteiger partial charge in [0.1, 0.15) is 11.0 Å². The van der Waals surface area contributed by atoms with Gasteiger partial charge in [0, 0.05) is 0 Å². The van der Waals surface area contributed by atoms with Gasteiger partial charge in [0.2, 0.25) is 0 Å². The van der Waals surface area contributed by atoms with E-state index in [1.54, 1.807) is 30.3 Å². The molecule has 0 fully saturated rings. The van der Waals surface area contributed by atoms with Crippen LogP contribution in [0.5, 0.6) is 5.75 Å². The molecule has 140 valence electrons. The number of aliphatic hydroxyl groups excluding tert-OH is 2. The fraction of sp³-hybridized carbons (Fsp3) is 0.667. The molecule has 0 aliphatic heterocycles. The molecular formula is C18H31NaO5S. The van der Waals surface area contributed by atoms with Gasteiger partial charge in [-0.3, -0.25) is 0 Å². The van der Waals surface area contributed by atoms with E-state index in [1.165, 1.54) is 6.92 Å². The van der Waals surface area contributed by atoms with Gasteiger partial charge in [-0.1, -0.05) is 57.2 Å². The van der Waals surface area contributed by atoms with Crippen molar-refractivity contribution in [3.8, 4) is 5.75 Å². The predicted molar refractivity (Wildman–Crippen MR) is 103 cm³/mol. The Bertz CT molecular complexity index is 548. The third-order valence-electron chi connectivity index (χ3n) is 3.93. The van der Waals surface area contributed by atoms with E-state index in [0.717, 1.165) is 32.1 Å². The normalized spacial score (nSPS) is 15.0. The number of para-hydroxylation sites is 1. The molecule has 2 N–H and O–H groups in total. The molecule has 1 rings (SSSR count). The predicted octanol–water partition coefficient (Wildman–Crippen LogP) is 2.61. The van der Waals surface area contributed by atoms with Gasteiger partial charge in [0.25, 0.3) is 0 Å². The Labute approximate surface area is 174 Å². The molecule has 0 radical (unpaired) electrons. The maximum absolute atomic E-state index is 12.5. The molecule has 0 aliphatic rings. The topological polar surface area (TPSA) is 83.8 Å². The Balaban J connectivity index is 0.00000576. The number of rotatable bonds is 12. The molecule has 0 heterocycles. The first-order valence-corrected chi connectivity index (χ1v) is 10.2. The van der Waals surface area contributed by atoms with Crippen LogP contribution in [-0.2, 0) is 10.1 Å². The zero-order chi connectivity index (χ0) is 18.0. The van der Waals surface area contributed by atoms with Crippen molar-refractivity contribution in [3.05, 3.63) is 30.3 Å². The summed E-state index contributed by atoms with van der Waals surface area (Å²) in [6.45, 7) is 3.64. The van der Waals surface area contributed by atoms with Crippen molar-refractivity contribution in [2.45, 2.75) is 76.3 Å². The van der Waals surface area contributed by atoms with Crippen molar-refractivity contribution >= 4 is 39.7 Å². The fourth-order valence-electron chi connectivity index (χ4n) is 2.62. The van der Waals surface area contributed by atoms with Crippen molar-refractivity contribution in [2.24, 2.45) is 0 Å². The quantitative estimate of drug-likeness (QED) is 0.330. The zero-order valence-electron chi connectivity index (χ0n) is 14.6. The third-order valence-corrected chi connectivity index (χ3v) is 5.61. The number of unbranched alkanes of at least 4 members (excludes halogenated alkanes) is 4. The maximum atomic E-state index is 12.5. The summed E-state index contributed by atoms with van der Waals surface area (Å²) in [7, 11) is -4.03. The summed E-state index contributed by atoms with van der Waals surface area (Å²) >= 11 is 0. The third kappa shape index (κ3) is 9.97. The van der Waals surface area contributed by atoms with Crippen LogP contribution in [0.3, 0.4) is 0 Å². The Hall–Kier alpha value is -0.110. The molecule has 1 aromatic carbocycles. The van der Waals surface area contributed by atoms with Crippen LogP contribution in [0, 0.1) is 0 Å². The van der Waals surface area contributed by atoms with E-state index in [0.29, 0.717) is 6.42 Å².